The van der Waals surface area contributed by atoms with E-state index in [0.29, 0.717) is 26.2 Å². The van der Waals surface area contributed by atoms with Gasteiger partial charge in [-0.2, -0.15) is 0 Å². The van der Waals surface area contributed by atoms with Crippen LogP contribution in [0.4, 0.5) is 0 Å². The number of ether oxygens (including phenoxy) is 2. The van der Waals surface area contributed by atoms with Crippen LogP contribution in [0, 0.1) is 0 Å². The number of nitrogens with zero attached hydrogens (tertiary/aromatic N) is 2. The van der Waals surface area contributed by atoms with Crippen molar-refractivity contribution in [3.63, 3.8) is 0 Å². The van der Waals surface area contributed by atoms with Gasteiger partial charge >= 0.3 is 5.97 Å². The Morgan fingerprint density at radius 3 is 2.52 bits per heavy atom. The van der Waals surface area contributed by atoms with Gasteiger partial charge in [0.1, 0.15) is 6.04 Å². The number of hydrogen-bond donors (Lipinski definition) is 0. The Morgan fingerprint density at radius 2 is 1.90 bits per heavy atom. The fourth-order valence-corrected chi connectivity index (χ4v) is 3.18. The second-order valence-electron chi connectivity index (χ2n) is 5.94. The van der Waals surface area contributed by atoms with Crippen molar-refractivity contribution < 1.29 is 19.1 Å². The molecule has 120 valence electrons. The monoisotopic (exact) mass is 298 g/mol. The third kappa shape index (κ3) is 4.17. The standard InChI is InChI=1S/C15H26N2O4/c1-4-20-15(19)13-6-5-7-16(13)10-14(18)17-8-11(2)21-12(3)9-17/h11-13H,4-10H2,1-3H3. The van der Waals surface area contributed by atoms with Crippen molar-refractivity contribution in [3.05, 3.63) is 0 Å². The van der Waals surface area contributed by atoms with Crippen LogP contribution >= 0.6 is 0 Å². The molecule has 1 amide bonds. The lowest BCUT2D eigenvalue weighted by Gasteiger charge is -2.36. The molecule has 2 saturated heterocycles. The summed E-state index contributed by atoms with van der Waals surface area (Å²) in [5, 5.41) is 0. The molecule has 0 saturated carbocycles. The van der Waals surface area contributed by atoms with Crippen molar-refractivity contribution in [2.75, 3.05) is 32.8 Å². The van der Waals surface area contributed by atoms with Crippen LogP contribution in [0.3, 0.4) is 0 Å². The lowest BCUT2D eigenvalue weighted by Crippen LogP contribution is -2.52. The van der Waals surface area contributed by atoms with Crippen molar-refractivity contribution in [1.82, 2.24) is 9.80 Å². The predicted molar refractivity (Wildman–Crippen MR) is 77.8 cm³/mol. The molecular formula is C15H26N2O4. The van der Waals surface area contributed by atoms with Crippen LogP contribution < -0.4 is 0 Å². The van der Waals surface area contributed by atoms with Gasteiger partial charge in [-0.05, 0) is 40.2 Å². The minimum absolute atomic E-state index is 0.0668. The molecule has 2 aliphatic heterocycles. The molecule has 3 unspecified atom stereocenters. The molecule has 6 nitrogen and oxygen atoms in total. The van der Waals surface area contributed by atoms with E-state index in [2.05, 4.69) is 0 Å². The molecule has 0 aliphatic carbocycles. The number of carbonyl (C=O) groups is 2. The van der Waals surface area contributed by atoms with E-state index in [1.165, 1.54) is 0 Å². The van der Waals surface area contributed by atoms with E-state index in [-0.39, 0.29) is 30.1 Å². The van der Waals surface area contributed by atoms with Crippen LogP contribution in [0.1, 0.15) is 33.6 Å². The first-order valence-corrected chi connectivity index (χ1v) is 7.85. The number of rotatable bonds is 4. The Hall–Kier alpha value is -1.14. The van der Waals surface area contributed by atoms with Gasteiger partial charge in [0.25, 0.3) is 0 Å². The molecule has 2 rings (SSSR count). The van der Waals surface area contributed by atoms with Crippen molar-refractivity contribution in [3.8, 4) is 0 Å². The maximum Gasteiger partial charge on any atom is 0.323 e. The zero-order chi connectivity index (χ0) is 15.4. The first kappa shape index (κ1) is 16.2. The first-order valence-electron chi connectivity index (χ1n) is 7.85. The van der Waals surface area contributed by atoms with E-state index in [1.54, 1.807) is 6.92 Å². The highest BCUT2D eigenvalue weighted by molar-refractivity contribution is 5.81. The molecule has 0 radical (unpaired) electrons. The second-order valence-corrected chi connectivity index (χ2v) is 5.94. The number of hydrogen-bond acceptors (Lipinski definition) is 5. The number of morpholine rings is 1. The summed E-state index contributed by atoms with van der Waals surface area (Å²) in [5.41, 5.74) is 0. The Balaban J connectivity index is 1.90. The van der Waals surface area contributed by atoms with Crippen LogP contribution in [-0.2, 0) is 19.1 Å². The zero-order valence-electron chi connectivity index (χ0n) is 13.2. The van der Waals surface area contributed by atoms with Gasteiger partial charge in [-0.3, -0.25) is 14.5 Å². The zero-order valence-corrected chi connectivity index (χ0v) is 13.2. The highest BCUT2D eigenvalue weighted by Gasteiger charge is 2.35. The molecule has 2 aliphatic rings. The van der Waals surface area contributed by atoms with Crippen LogP contribution in [0.25, 0.3) is 0 Å². The molecule has 6 heteroatoms. The number of esters is 1. The molecule has 0 aromatic heterocycles. The Bertz CT molecular complexity index is 378. The lowest BCUT2D eigenvalue weighted by atomic mass is 10.2. The molecular weight excluding hydrogens is 272 g/mol. The molecule has 0 aromatic rings. The first-order chi connectivity index (χ1) is 10.0. The fraction of sp³-hybridized carbons (Fsp3) is 0.867. The summed E-state index contributed by atoms with van der Waals surface area (Å²) in [6.45, 7) is 8.48. The summed E-state index contributed by atoms with van der Waals surface area (Å²) in [5.74, 6) is -0.125. The average molecular weight is 298 g/mol. The van der Waals surface area contributed by atoms with E-state index in [9.17, 15) is 9.59 Å². The molecule has 3 atom stereocenters. The third-order valence-corrected chi connectivity index (χ3v) is 4.03. The van der Waals surface area contributed by atoms with Crippen molar-refractivity contribution >= 4 is 11.9 Å². The summed E-state index contributed by atoms with van der Waals surface area (Å²) in [4.78, 5) is 28.2. The average Bonchev–Trinajstić information content (AvgIpc) is 2.86. The van der Waals surface area contributed by atoms with Crippen molar-refractivity contribution in [2.45, 2.75) is 51.9 Å². The van der Waals surface area contributed by atoms with Crippen molar-refractivity contribution in [2.24, 2.45) is 0 Å². The maximum atomic E-state index is 12.4. The summed E-state index contributed by atoms with van der Waals surface area (Å²) in [7, 11) is 0. The topological polar surface area (TPSA) is 59.1 Å². The van der Waals surface area contributed by atoms with Gasteiger partial charge < -0.3 is 14.4 Å². The van der Waals surface area contributed by atoms with Gasteiger partial charge in [-0.25, -0.2) is 0 Å². The van der Waals surface area contributed by atoms with Crippen LogP contribution in [-0.4, -0.2) is 72.7 Å². The largest absolute Gasteiger partial charge is 0.465 e. The summed E-state index contributed by atoms with van der Waals surface area (Å²) in [6.07, 6.45) is 1.85. The number of amides is 1. The van der Waals surface area contributed by atoms with E-state index in [4.69, 9.17) is 9.47 Å². The quantitative estimate of drug-likeness (QED) is 0.713. The van der Waals surface area contributed by atoms with Gasteiger partial charge in [-0.15, -0.1) is 0 Å². The normalized spacial score (nSPS) is 30.4. The Morgan fingerprint density at radius 1 is 1.24 bits per heavy atom. The van der Waals surface area contributed by atoms with Gasteiger partial charge in [0.2, 0.25) is 5.91 Å². The third-order valence-electron chi connectivity index (χ3n) is 4.03. The van der Waals surface area contributed by atoms with Crippen molar-refractivity contribution in [1.29, 1.82) is 0 Å². The van der Waals surface area contributed by atoms with Gasteiger partial charge in [0.05, 0.1) is 25.4 Å². The van der Waals surface area contributed by atoms with E-state index in [1.807, 2.05) is 23.6 Å². The predicted octanol–water partition coefficient (Wildman–Crippen LogP) is 0.650. The Labute approximate surface area is 126 Å². The lowest BCUT2D eigenvalue weighted by molar-refractivity contribution is -0.151. The summed E-state index contributed by atoms with van der Waals surface area (Å²) < 4.78 is 10.7. The maximum absolute atomic E-state index is 12.4. The molecule has 0 bridgehead atoms. The highest BCUT2D eigenvalue weighted by Crippen LogP contribution is 2.19. The summed E-state index contributed by atoms with van der Waals surface area (Å²) >= 11 is 0. The van der Waals surface area contributed by atoms with Gasteiger partial charge in [0, 0.05) is 13.1 Å². The van der Waals surface area contributed by atoms with Crippen LogP contribution in [0.5, 0.6) is 0 Å². The van der Waals surface area contributed by atoms with Gasteiger partial charge in [0.15, 0.2) is 0 Å². The van der Waals surface area contributed by atoms with Crippen LogP contribution in [0.15, 0.2) is 0 Å². The highest BCUT2D eigenvalue weighted by atomic mass is 16.5. The second kappa shape index (κ2) is 7.22. The molecule has 21 heavy (non-hydrogen) atoms. The Kier molecular flexibility index (Phi) is 5.58. The van der Waals surface area contributed by atoms with E-state index >= 15 is 0 Å². The molecule has 2 heterocycles. The minimum atomic E-state index is -0.259. The summed E-state index contributed by atoms with van der Waals surface area (Å²) in [6, 6.07) is -0.259. The van der Waals surface area contributed by atoms with E-state index < -0.39 is 0 Å². The van der Waals surface area contributed by atoms with E-state index in [0.717, 1.165) is 19.4 Å². The molecule has 0 spiro atoms. The molecule has 0 aromatic carbocycles. The minimum Gasteiger partial charge on any atom is -0.465 e. The molecule has 2 fully saturated rings. The number of likely N-dealkylation sites (tertiary alicyclic amines) is 1. The fourth-order valence-electron chi connectivity index (χ4n) is 3.18. The number of carbonyl (C=O) groups excluding carboxylic acids is 2. The molecule has 0 N–H and O–H groups in total. The van der Waals surface area contributed by atoms with Gasteiger partial charge in [-0.1, -0.05) is 0 Å². The smallest absolute Gasteiger partial charge is 0.323 e. The SMILES string of the molecule is CCOC(=O)C1CCCN1CC(=O)N1CC(C)OC(C)C1. The van der Waals surface area contributed by atoms with Crippen LogP contribution in [0.2, 0.25) is 0 Å².